The van der Waals surface area contributed by atoms with Gasteiger partial charge in [0.2, 0.25) is 0 Å². The number of carbonyl (C=O) groups excluding carboxylic acids is 1. The van der Waals surface area contributed by atoms with E-state index in [0.717, 1.165) is 11.6 Å². The van der Waals surface area contributed by atoms with Gasteiger partial charge < -0.3 is 20.1 Å². The minimum Gasteiger partial charge on any atom is -0.508 e. The van der Waals surface area contributed by atoms with E-state index in [1.54, 1.807) is 18.2 Å². The van der Waals surface area contributed by atoms with E-state index in [9.17, 15) is 20.1 Å². The van der Waals surface area contributed by atoms with Crippen LogP contribution in [0.1, 0.15) is 15.9 Å². The molecule has 0 radical (unpaired) electrons. The van der Waals surface area contributed by atoms with Crippen LogP contribution in [0, 0.1) is 0 Å². The number of hydrogen-bond acceptors (Lipinski definition) is 5. The lowest BCUT2D eigenvalue weighted by atomic mass is 9.97. The highest BCUT2D eigenvalue weighted by Gasteiger charge is 2.27. The summed E-state index contributed by atoms with van der Waals surface area (Å²) in [6.45, 7) is 0.0512. The molecule has 1 aliphatic heterocycles. The normalized spacial score (nSPS) is 15.6. The fourth-order valence-electron chi connectivity index (χ4n) is 2.19. The van der Waals surface area contributed by atoms with Gasteiger partial charge in [-0.2, -0.15) is 0 Å². The van der Waals surface area contributed by atoms with Gasteiger partial charge >= 0.3 is 0 Å². The van der Waals surface area contributed by atoms with Crippen LogP contribution >= 0.6 is 0 Å². The maximum atomic E-state index is 12.4. The average molecular weight is 284 g/mol. The summed E-state index contributed by atoms with van der Waals surface area (Å²) in [5.41, 5.74) is 1.17. The Bertz CT molecular complexity index is 744. The first-order valence-electron chi connectivity index (χ1n) is 6.27. The van der Waals surface area contributed by atoms with Crippen molar-refractivity contribution >= 4 is 11.9 Å². The zero-order valence-corrected chi connectivity index (χ0v) is 10.9. The van der Waals surface area contributed by atoms with E-state index in [1.807, 2.05) is 0 Å². The number of fused-ring (bicyclic) bond motifs is 1. The van der Waals surface area contributed by atoms with E-state index in [1.165, 1.54) is 18.2 Å². The number of phenolic OH excluding ortho intramolecular Hbond substituents is 3. The summed E-state index contributed by atoms with van der Waals surface area (Å²) in [7, 11) is 0. The van der Waals surface area contributed by atoms with Crippen molar-refractivity contribution in [3.63, 3.8) is 0 Å². The molecular weight excluding hydrogens is 272 g/mol. The third-order valence-corrected chi connectivity index (χ3v) is 3.20. The Morgan fingerprint density at radius 2 is 1.71 bits per heavy atom. The van der Waals surface area contributed by atoms with Crippen LogP contribution in [-0.4, -0.2) is 27.7 Å². The lowest BCUT2D eigenvalue weighted by Crippen LogP contribution is -2.19. The highest BCUT2D eigenvalue weighted by atomic mass is 16.5. The van der Waals surface area contributed by atoms with Crippen molar-refractivity contribution in [2.24, 2.45) is 0 Å². The van der Waals surface area contributed by atoms with Crippen molar-refractivity contribution in [1.29, 1.82) is 0 Å². The molecule has 21 heavy (non-hydrogen) atoms. The molecule has 5 heteroatoms. The summed E-state index contributed by atoms with van der Waals surface area (Å²) in [5.74, 6) is -0.514. The zero-order chi connectivity index (χ0) is 15.0. The van der Waals surface area contributed by atoms with Crippen molar-refractivity contribution in [3.8, 4) is 23.0 Å². The molecule has 1 heterocycles. The lowest BCUT2D eigenvalue weighted by Gasteiger charge is -2.20. The Balaban J connectivity index is 2.01. The van der Waals surface area contributed by atoms with Gasteiger partial charge in [-0.1, -0.05) is 12.1 Å². The molecule has 5 nitrogen and oxygen atoms in total. The molecule has 3 N–H and O–H groups in total. The third kappa shape index (κ3) is 2.41. The van der Waals surface area contributed by atoms with Crippen LogP contribution in [0.15, 0.2) is 42.0 Å². The van der Waals surface area contributed by atoms with E-state index in [2.05, 4.69) is 0 Å². The summed E-state index contributed by atoms with van der Waals surface area (Å²) < 4.78 is 5.41. The molecule has 0 unspecified atom stereocenters. The van der Waals surface area contributed by atoms with Gasteiger partial charge in [0.05, 0.1) is 0 Å². The number of benzene rings is 2. The van der Waals surface area contributed by atoms with E-state index in [0.29, 0.717) is 5.57 Å². The SMILES string of the molecule is O=C1/C(=C/c2ccc(O)cc2)COc2cc(O)cc(O)c21. The fourth-order valence-corrected chi connectivity index (χ4v) is 2.19. The second-order valence-corrected chi connectivity index (χ2v) is 4.72. The molecule has 0 atom stereocenters. The zero-order valence-electron chi connectivity index (χ0n) is 10.9. The van der Waals surface area contributed by atoms with Crippen molar-refractivity contribution in [1.82, 2.24) is 0 Å². The molecule has 106 valence electrons. The minimum absolute atomic E-state index is 0.0454. The van der Waals surface area contributed by atoms with E-state index in [4.69, 9.17) is 4.74 Å². The molecule has 3 rings (SSSR count). The number of aromatic hydroxyl groups is 3. The molecule has 0 amide bonds. The minimum atomic E-state index is -0.346. The van der Waals surface area contributed by atoms with Crippen LogP contribution in [0.2, 0.25) is 0 Å². The predicted molar refractivity (Wildman–Crippen MR) is 75.7 cm³/mol. The van der Waals surface area contributed by atoms with Gasteiger partial charge in [0, 0.05) is 17.7 Å². The Kier molecular flexibility index (Phi) is 3.02. The van der Waals surface area contributed by atoms with Gasteiger partial charge in [-0.3, -0.25) is 4.79 Å². The van der Waals surface area contributed by atoms with Crippen LogP contribution in [0.25, 0.3) is 6.08 Å². The number of hydrogen-bond donors (Lipinski definition) is 3. The van der Waals surface area contributed by atoms with Gasteiger partial charge in [0.1, 0.15) is 35.2 Å². The molecule has 0 saturated carbocycles. The molecule has 0 aromatic heterocycles. The molecule has 2 aromatic carbocycles. The molecule has 1 aliphatic rings. The Morgan fingerprint density at radius 1 is 1.00 bits per heavy atom. The fraction of sp³-hybridized carbons (Fsp3) is 0.0625. The first-order chi connectivity index (χ1) is 10.0. The number of phenols is 3. The topological polar surface area (TPSA) is 87.0 Å². The van der Waals surface area contributed by atoms with Gasteiger partial charge in [-0.05, 0) is 23.8 Å². The van der Waals surface area contributed by atoms with Crippen LogP contribution in [0.3, 0.4) is 0 Å². The van der Waals surface area contributed by atoms with Gasteiger partial charge in [-0.25, -0.2) is 0 Å². The Labute approximate surface area is 120 Å². The summed E-state index contributed by atoms with van der Waals surface area (Å²) in [6, 6.07) is 8.77. The van der Waals surface area contributed by atoms with E-state index in [-0.39, 0.29) is 41.0 Å². The van der Waals surface area contributed by atoms with Crippen molar-refractivity contribution in [2.75, 3.05) is 6.61 Å². The van der Waals surface area contributed by atoms with Gasteiger partial charge in [-0.15, -0.1) is 0 Å². The lowest BCUT2D eigenvalue weighted by molar-refractivity contribution is 0.0997. The van der Waals surface area contributed by atoms with Crippen LogP contribution < -0.4 is 4.74 Å². The standard InChI is InChI=1S/C16H12O5/c17-11-3-1-9(2-4-11)5-10-8-21-14-7-12(18)6-13(19)15(14)16(10)20/h1-7,17-19H,8H2/b10-5+. The van der Waals surface area contributed by atoms with Gasteiger partial charge in [0.15, 0.2) is 5.78 Å². The van der Waals surface area contributed by atoms with E-state index < -0.39 is 0 Å². The highest BCUT2D eigenvalue weighted by Crippen LogP contribution is 2.37. The number of ketones is 1. The molecule has 0 spiro atoms. The Morgan fingerprint density at radius 3 is 2.43 bits per heavy atom. The largest absolute Gasteiger partial charge is 0.508 e. The summed E-state index contributed by atoms with van der Waals surface area (Å²) in [6.07, 6.45) is 1.64. The first-order valence-corrected chi connectivity index (χ1v) is 6.27. The second-order valence-electron chi connectivity index (χ2n) is 4.72. The molecule has 2 aromatic rings. The highest BCUT2D eigenvalue weighted by molar-refractivity contribution is 6.15. The number of ether oxygens (including phenoxy) is 1. The predicted octanol–water partition coefficient (Wildman–Crippen LogP) is 2.46. The van der Waals surface area contributed by atoms with Crippen LogP contribution in [0.5, 0.6) is 23.0 Å². The average Bonchev–Trinajstić information content (AvgIpc) is 2.43. The number of Topliss-reactive ketones (excluding diaryl/α,β-unsaturated/α-hetero) is 1. The molecule has 0 aliphatic carbocycles. The van der Waals surface area contributed by atoms with Crippen LogP contribution in [0.4, 0.5) is 0 Å². The van der Waals surface area contributed by atoms with Crippen LogP contribution in [-0.2, 0) is 0 Å². The summed E-state index contributed by atoms with van der Waals surface area (Å²) in [4.78, 5) is 12.4. The smallest absolute Gasteiger partial charge is 0.199 e. The van der Waals surface area contributed by atoms with Gasteiger partial charge in [0.25, 0.3) is 0 Å². The maximum absolute atomic E-state index is 12.4. The molecular formula is C16H12O5. The number of carbonyl (C=O) groups is 1. The summed E-state index contributed by atoms with van der Waals surface area (Å²) in [5, 5.41) is 28.4. The third-order valence-electron chi connectivity index (χ3n) is 3.20. The van der Waals surface area contributed by atoms with Crippen molar-refractivity contribution in [2.45, 2.75) is 0 Å². The second kappa shape index (κ2) is 4.86. The van der Waals surface area contributed by atoms with E-state index >= 15 is 0 Å². The quantitative estimate of drug-likeness (QED) is 0.700. The van der Waals surface area contributed by atoms with Crippen molar-refractivity contribution < 1.29 is 24.9 Å². The first kappa shape index (κ1) is 13.1. The Hall–Kier alpha value is -2.95. The monoisotopic (exact) mass is 284 g/mol. The van der Waals surface area contributed by atoms with Crippen molar-refractivity contribution in [3.05, 3.63) is 53.1 Å². The number of rotatable bonds is 1. The molecule has 0 fully saturated rings. The maximum Gasteiger partial charge on any atom is 0.199 e. The molecule has 0 bridgehead atoms. The summed E-state index contributed by atoms with van der Waals surface area (Å²) >= 11 is 0. The molecule has 0 saturated heterocycles.